The summed E-state index contributed by atoms with van der Waals surface area (Å²) >= 11 is 7.72. The number of hydrogen-bond acceptors (Lipinski definition) is 5. The Morgan fingerprint density at radius 1 is 1.24 bits per heavy atom. The van der Waals surface area contributed by atoms with E-state index < -0.39 is 0 Å². The van der Waals surface area contributed by atoms with Gasteiger partial charge in [-0.25, -0.2) is 0 Å². The number of halogens is 1. The Morgan fingerprint density at radius 3 is 2.69 bits per heavy atom. The zero-order valence-corrected chi connectivity index (χ0v) is 18.4. The third-order valence-corrected chi connectivity index (χ3v) is 6.00. The first-order valence-electron chi connectivity index (χ1n) is 9.12. The van der Waals surface area contributed by atoms with Crippen LogP contribution in [0.15, 0.2) is 51.9 Å². The Bertz CT molecular complexity index is 1000. The summed E-state index contributed by atoms with van der Waals surface area (Å²) in [6.07, 6.45) is 0. The summed E-state index contributed by atoms with van der Waals surface area (Å²) in [5.41, 5.74) is 3.46. The predicted molar refractivity (Wildman–Crippen MR) is 116 cm³/mol. The van der Waals surface area contributed by atoms with Crippen molar-refractivity contribution >= 4 is 29.3 Å². The molecule has 0 aliphatic carbocycles. The number of benzene rings is 2. The van der Waals surface area contributed by atoms with Crippen LogP contribution in [0.3, 0.4) is 0 Å². The van der Waals surface area contributed by atoms with Gasteiger partial charge >= 0.3 is 0 Å². The fourth-order valence-electron chi connectivity index (χ4n) is 3.03. The SMILES string of the molecule is COc1ccc(Cl)cc1CN(C)C(=O)c1ccccc1SCc1c(C)noc1C. The van der Waals surface area contributed by atoms with Crippen molar-refractivity contribution in [3.05, 3.63) is 75.6 Å². The number of rotatable bonds is 7. The van der Waals surface area contributed by atoms with Gasteiger partial charge in [0.15, 0.2) is 0 Å². The molecule has 0 aliphatic heterocycles. The summed E-state index contributed by atoms with van der Waals surface area (Å²) in [5.74, 6) is 2.14. The molecule has 0 bridgehead atoms. The number of ether oxygens (including phenoxy) is 1. The van der Waals surface area contributed by atoms with Crippen LogP contribution in [0, 0.1) is 13.8 Å². The number of amides is 1. The second-order valence-electron chi connectivity index (χ2n) is 6.70. The molecule has 1 heterocycles. The smallest absolute Gasteiger partial charge is 0.255 e. The fraction of sp³-hybridized carbons (Fsp3) is 0.273. The highest BCUT2D eigenvalue weighted by atomic mass is 35.5. The van der Waals surface area contributed by atoms with E-state index >= 15 is 0 Å². The standard InChI is InChI=1S/C22H23ClN2O3S/c1-14-19(15(2)28-24-14)13-29-21-8-6-5-7-18(21)22(26)25(3)12-16-11-17(23)9-10-20(16)27-4/h5-11H,12-13H2,1-4H3. The molecular weight excluding hydrogens is 408 g/mol. The van der Waals surface area contributed by atoms with E-state index in [0.717, 1.165) is 27.5 Å². The molecule has 152 valence electrons. The van der Waals surface area contributed by atoms with Crippen LogP contribution in [0.25, 0.3) is 0 Å². The van der Waals surface area contributed by atoms with Crippen LogP contribution in [-0.4, -0.2) is 30.1 Å². The minimum Gasteiger partial charge on any atom is -0.496 e. The largest absolute Gasteiger partial charge is 0.496 e. The third kappa shape index (κ3) is 4.95. The van der Waals surface area contributed by atoms with Gasteiger partial charge in [0.2, 0.25) is 0 Å². The van der Waals surface area contributed by atoms with Crippen LogP contribution >= 0.6 is 23.4 Å². The summed E-state index contributed by atoms with van der Waals surface area (Å²) in [4.78, 5) is 15.7. The maximum absolute atomic E-state index is 13.2. The number of hydrogen-bond donors (Lipinski definition) is 0. The molecule has 3 aromatic rings. The van der Waals surface area contributed by atoms with Gasteiger partial charge < -0.3 is 14.2 Å². The van der Waals surface area contributed by atoms with E-state index in [0.29, 0.717) is 28.6 Å². The monoisotopic (exact) mass is 430 g/mol. The summed E-state index contributed by atoms with van der Waals surface area (Å²) in [6, 6.07) is 13.0. The lowest BCUT2D eigenvalue weighted by atomic mass is 10.1. The molecule has 3 rings (SSSR count). The van der Waals surface area contributed by atoms with Gasteiger partial charge in [-0.3, -0.25) is 4.79 Å². The van der Waals surface area contributed by atoms with Crippen LogP contribution in [-0.2, 0) is 12.3 Å². The molecule has 1 amide bonds. The Morgan fingerprint density at radius 2 is 2.00 bits per heavy atom. The number of aromatic nitrogens is 1. The molecule has 0 spiro atoms. The van der Waals surface area contributed by atoms with Crippen molar-refractivity contribution in [1.29, 1.82) is 0 Å². The Hall–Kier alpha value is -2.44. The van der Waals surface area contributed by atoms with Crippen LogP contribution in [0.1, 0.15) is 32.9 Å². The highest BCUT2D eigenvalue weighted by molar-refractivity contribution is 7.98. The molecule has 29 heavy (non-hydrogen) atoms. The molecule has 0 N–H and O–H groups in total. The summed E-state index contributed by atoms with van der Waals surface area (Å²) in [5, 5.41) is 4.61. The average molecular weight is 431 g/mol. The van der Waals surface area contributed by atoms with Crippen molar-refractivity contribution in [2.45, 2.75) is 31.0 Å². The molecule has 0 saturated carbocycles. The number of thioether (sulfide) groups is 1. The molecule has 5 nitrogen and oxygen atoms in total. The van der Waals surface area contributed by atoms with E-state index in [2.05, 4.69) is 5.16 Å². The summed E-state index contributed by atoms with van der Waals surface area (Å²) in [7, 11) is 3.38. The Labute approximate surface area is 180 Å². The second kappa shape index (κ2) is 9.37. The van der Waals surface area contributed by atoms with Gasteiger partial charge in [-0.15, -0.1) is 11.8 Å². The van der Waals surface area contributed by atoms with Crippen molar-refractivity contribution < 1.29 is 14.1 Å². The molecule has 0 aliphatic rings. The second-order valence-corrected chi connectivity index (χ2v) is 8.16. The van der Waals surface area contributed by atoms with Gasteiger partial charge in [0.25, 0.3) is 5.91 Å². The molecule has 1 aromatic heterocycles. The van der Waals surface area contributed by atoms with Crippen LogP contribution < -0.4 is 4.74 Å². The van der Waals surface area contributed by atoms with E-state index in [9.17, 15) is 4.79 Å². The zero-order chi connectivity index (χ0) is 21.0. The van der Waals surface area contributed by atoms with Crippen molar-refractivity contribution in [3.8, 4) is 5.75 Å². The minimum absolute atomic E-state index is 0.0612. The minimum atomic E-state index is -0.0612. The lowest BCUT2D eigenvalue weighted by Crippen LogP contribution is -2.27. The lowest BCUT2D eigenvalue weighted by Gasteiger charge is -2.20. The third-order valence-electron chi connectivity index (χ3n) is 4.67. The highest BCUT2D eigenvalue weighted by Crippen LogP contribution is 2.30. The molecule has 0 atom stereocenters. The number of methoxy groups -OCH3 is 1. The normalized spacial score (nSPS) is 10.8. The number of aryl methyl sites for hydroxylation is 2. The van der Waals surface area contributed by atoms with Gasteiger partial charge in [-0.2, -0.15) is 0 Å². The number of nitrogens with zero attached hydrogens (tertiary/aromatic N) is 2. The highest BCUT2D eigenvalue weighted by Gasteiger charge is 2.19. The van der Waals surface area contributed by atoms with Crippen LogP contribution in [0.5, 0.6) is 5.75 Å². The van der Waals surface area contributed by atoms with Crippen molar-refractivity contribution in [1.82, 2.24) is 10.1 Å². The first-order valence-corrected chi connectivity index (χ1v) is 10.5. The quantitative estimate of drug-likeness (QED) is 0.462. The van der Waals surface area contributed by atoms with E-state index in [1.807, 2.05) is 50.2 Å². The van der Waals surface area contributed by atoms with E-state index in [4.69, 9.17) is 20.9 Å². The predicted octanol–water partition coefficient (Wildman–Crippen LogP) is 5.52. The van der Waals surface area contributed by atoms with Gasteiger partial charge in [0.1, 0.15) is 11.5 Å². The average Bonchev–Trinajstić information content (AvgIpc) is 3.03. The number of carbonyl (C=O) groups excluding carboxylic acids is 1. The number of carbonyl (C=O) groups is 1. The van der Waals surface area contributed by atoms with E-state index in [1.54, 1.807) is 36.9 Å². The Kier molecular flexibility index (Phi) is 6.87. The van der Waals surface area contributed by atoms with E-state index in [1.165, 1.54) is 0 Å². The summed E-state index contributed by atoms with van der Waals surface area (Å²) < 4.78 is 10.6. The maximum atomic E-state index is 13.2. The molecule has 7 heteroatoms. The summed E-state index contributed by atoms with van der Waals surface area (Å²) in [6.45, 7) is 4.22. The fourth-order valence-corrected chi connectivity index (χ4v) is 4.42. The van der Waals surface area contributed by atoms with Crippen molar-refractivity contribution in [3.63, 3.8) is 0 Å². The van der Waals surface area contributed by atoms with Gasteiger partial charge in [-0.1, -0.05) is 28.9 Å². The topological polar surface area (TPSA) is 55.6 Å². The molecule has 0 fully saturated rings. The molecule has 2 aromatic carbocycles. The van der Waals surface area contributed by atoms with Crippen LogP contribution in [0.2, 0.25) is 5.02 Å². The van der Waals surface area contributed by atoms with Crippen molar-refractivity contribution in [2.75, 3.05) is 14.2 Å². The van der Waals surface area contributed by atoms with Gasteiger partial charge in [0.05, 0.1) is 18.4 Å². The van der Waals surface area contributed by atoms with Crippen molar-refractivity contribution in [2.24, 2.45) is 0 Å². The molecule has 0 saturated heterocycles. The molecule has 0 radical (unpaired) electrons. The van der Waals surface area contributed by atoms with Gasteiger partial charge in [-0.05, 0) is 44.2 Å². The first-order chi connectivity index (χ1) is 13.9. The molecule has 0 unspecified atom stereocenters. The first kappa shape index (κ1) is 21.3. The van der Waals surface area contributed by atoms with Crippen LogP contribution in [0.4, 0.5) is 0 Å². The zero-order valence-electron chi connectivity index (χ0n) is 16.9. The van der Waals surface area contributed by atoms with Gasteiger partial charge in [0, 0.05) is 40.4 Å². The Balaban J connectivity index is 1.78. The molecular formula is C22H23ClN2O3S. The maximum Gasteiger partial charge on any atom is 0.255 e. The van der Waals surface area contributed by atoms with E-state index in [-0.39, 0.29) is 5.91 Å². The lowest BCUT2D eigenvalue weighted by molar-refractivity contribution is 0.0781.